The van der Waals surface area contributed by atoms with Gasteiger partial charge in [-0.05, 0) is 45.6 Å². The van der Waals surface area contributed by atoms with E-state index in [9.17, 15) is 19.2 Å². The number of amides is 3. The van der Waals surface area contributed by atoms with Crippen LogP contribution in [-0.4, -0.2) is 59.5 Å². The lowest BCUT2D eigenvalue weighted by molar-refractivity contribution is -0.141. The zero-order chi connectivity index (χ0) is 21.9. The van der Waals surface area contributed by atoms with Crippen LogP contribution in [0.2, 0.25) is 0 Å². The molecule has 3 amide bonds. The van der Waals surface area contributed by atoms with Crippen LogP contribution >= 0.6 is 0 Å². The fourth-order valence-corrected chi connectivity index (χ4v) is 2.40. The zero-order valence-corrected chi connectivity index (χ0v) is 17.2. The average Bonchev–Trinajstić information content (AvgIpc) is 2.60. The normalized spacial score (nSPS) is 15.2. The van der Waals surface area contributed by atoms with Crippen molar-refractivity contribution in [2.45, 2.75) is 77.5 Å². The summed E-state index contributed by atoms with van der Waals surface area (Å²) in [6.07, 6.45) is 2.31. The van der Waals surface area contributed by atoms with Gasteiger partial charge in [-0.3, -0.25) is 19.2 Å². The fourth-order valence-electron chi connectivity index (χ4n) is 2.40. The highest BCUT2D eigenvalue weighted by Gasteiger charge is 2.27. The Morgan fingerprint density at radius 3 is 1.93 bits per heavy atom. The van der Waals surface area contributed by atoms with Gasteiger partial charge in [0.1, 0.15) is 18.1 Å². The molecule has 0 aliphatic rings. The second-order valence-electron chi connectivity index (χ2n) is 7.38. The van der Waals surface area contributed by atoms with E-state index in [1.165, 1.54) is 13.8 Å². The van der Waals surface area contributed by atoms with Crippen LogP contribution in [0.4, 0.5) is 0 Å². The molecule has 0 heterocycles. The molecule has 8 N–H and O–H groups in total. The van der Waals surface area contributed by atoms with E-state index in [0.717, 1.165) is 6.42 Å². The van der Waals surface area contributed by atoms with Crippen molar-refractivity contribution in [1.82, 2.24) is 16.0 Å². The molecule has 10 heteroatoms. The number of nitrogens with one attached hydrogen (secondary N) is 3. The van der Waals surface area contributed by atoms with Gasteiger partial charge in [-0.25, -0.2) is 0 Å². The molecule has 4 atom stereocenters. The van der Waals surface area contributed by atoms with Gasteiger partial charge < -0.3 is 32.5 Å². The number of nitrogens with two attached hydrogens (primary N) is 2. The number of carbonyl (C=O) groups is 4. The summed E-state index contributed by atoms with van der Waals surface area (Å²) in [5, 5.41) is 16.3. The summed E-state index contributed by atoms with van der Waals surface area (Å²) in [6.45, 7) is 7.08. The summed E-state index contributed by atoms with van der Waals surface area (Å²) >= 11 is 0. The van der Waals surface area contributed by atoms with E-state index < -0.39 is 47.9 Å². The molecule has 0 rings (SSSR count). The largest absolute Gasteiger partial charge is 0.480 e. The summed E-state index contributed by atoms with van der Waals surface area (Å²) in [6, 6.07) is -3.63. The van der Waals surface area contributed by atoms with Crippen LogP contribution in [0.3, 0.4) is 0 Å². The molecule has 0 saturated heterocycles. The Kier molecular flexibility index (Phi) is 12.0. The highest BCUT2D eigenvalue weighted by Crippen LogP contribution is 2.07. The first-order chi connectivity index (χ1) is 13.0. The number of carboxylic acid groups (broad SMARTS) is 1. The maximum Gasteiger partial charge on any atom is 0.325 e. The SMILES string of the molecule is CC(C)CC(NC(=O)C(N)CCCCN)C(=O)NC(C)C(=O)NC(C)C(=O)O. The van der Waals surface area contributed by atoms with Crippen molar-refractivity contribution in [1.29, 1.82) is 0 Å². The number of hydrogen-bond donors (Lipinski definition) is 6. The van der Waals surface area contributed by atoms with Gasteiger partial charge in [0.2, 0.25) is 17.7 Å². The number of unbranched alkanes of at least 4 members (excludes halogenated alkanes) is 1. The second-order valence-corrected chi connectivity index (χ2v) is 7.38. The highest BCUT2D eigenvalue weighted by molar-refractivity contribution is 5.93. The predicted molar refractivity (Wildman–Crippen MR) is 105 cm³/mol. The molecule has 0 radical (unpaired) electrons. The number of carbonyl (C=O) groups excluding carboxylic acids is 3. The van der Waals surface area contributed by atoms with Crippen molar-refractivity contribution in [3.63, 3.8) is 0 Å². The molecule has 0 aromatic heterocycles. The van der Waals surface area contributed by atoms with Crippen molar-refractivity contribution in [3.8, 4) is 0 Å². The van der Waals surface area contributed by atoms with Crippen LogP contribution in [0.15, 0.2) is 0 Å². The summed E-state index contributed by atoms with van der Waals surface area (Å²) in [7, 11) is 0. The Morgan fingerprint density at radius 1 is 0.857 bits per heavy atom. The molecule has 0 aromatic carbocycles. The Balaban J connectivity index is 4.86. The number of hydrogen-bond acceptors (Lipinski definition) is 6. The first-order valence-electron chi connectivity index (χ1n) is 9.59. The molecule has 0 aliphatic carbocycles. The van der Waals surface area contributed by atoms with Crippen molar-refractivity contribution >= 4 is 23.7 Å². The van der Waals surface area contributed by atoms with Crippen LogP contribution < -0.4 is 27.4 Å². The van der Waals surface area contributed by atoms with Crippen LogP contribution in [0.25, 0.3) is 0 Å². The van der Waals surface area contributed by atoms with Gasteiger partial charge in [0, 0.05) is 0 Å². The van der Waals surface area contributed by atoms with Gasteiger partial charge >= 0.3 is 5.97 Å². The summed E-state index contributed by atoms with van der Waals surface area (Å²) in [5.74, 6) is -2.66. The second kappa shape index (κ2) is 13.1. The summed E-state index contributed by atoms with van der Waals surface area (Å²) < 4.78 is 0. The standard InChI is InChI=1S/C18H35N5O5/c1-10(2)9-14(23-16(25)13(20)7-5-6-8-19)17(26)21-11(3)15(24)22-12(4)18(27)28/h10-14H,5-9,19-20H2,1-4H3,(H,21,26)(H,22,24)(H,23,25)(H,27,28). The first kappa shape index (κ1) is 25.8. The van der Waals surface area contributed by atoms with Crippen molar-refractivity contribution in [2.24, 2.45) is 17.4 Å². The molecule has 0 aliphatic heterocycles. The molecule has 162 valence electrons. The van der Waals surface area contributed by atoms with E-state index in [1.54, 1.807) is 0 Å². The van der Waals surface area contributed by atoms with Crippen LogP contribution in [0, 0.1) is 5.92 Å². The van der Waals surface area contributed by atoms with Crippen molar-refractivity contribution in [2.75, 3.05) is 6.54 Å². The predicted octanol–water partition coefficient (Wildman–Crippen LogP) is -0.932. The molecule has 0 spiro atoms. The minimum atomic E-state index is -1.18. The third-order valence-corrected chi connectivity index (χ3v) is 4.13. The molecule has 0 fully saturated rings. The van der Waals surface area contributed by atoms with E-state index in [4.69, 9.17) is 16.6 Å². The molecular weight excluding hydrogens is 366 g/mol. The lowest BCUT2D eigenvalue weighted by Crippen LogP contribution is -2.56. The molecule has 4 unspecified atom stereocenters. The maximum atomic E-state index is 12.6. The third-order valence-electron chi connectivity index (χ3n) is 4.13. The van der Waals surface area contributed by atoms with E-state index >= 15 is 0 Å². The van der Waals surface area contributed by atoms with Crippen LogP contribution in [0.5, 0.6) is 0 Å². The van der Waals surface area contributed by atoms with E-state index in [-0.39, 0.29) is 5.92 Å². The summed E-state index contributed by atoms with van der Waals surface area (Å²) in [5.41, 5.74) is 11.3. The topological polar surface area (TPSA) is 177 Å². The lowest BCUT2D eigenvalue weighted by Gasteiger charge is -2.24. The van der Waals surface area contributed by atoms with E-state index in [1.807, 2.05) is 13.8 Å². The molecular formula is C18H35N5O5. The molecule has 28 heavy (non-hydrogen) atoms. The van der Waals surface area contributed by atoms with Gasteiger partial charge in [0.15, 0.2) is 0 Å². The van der Waals surface area contributed by atoms with Gasteiger partial charge in [-0.2, -0.15) is 0 Å². The molecule has 10 nitrogen and oxygen atoms in total. The quantitative estimate of drug-likeness (QED) is 0.216. The number of aliphatic carboxylic acids is 1. The Hall–Kier alpha value is -2.20. The Bertz CT molecular complexity index is 540. The lowest BCUT2D eigenvalue weighted by atomic mass is 10.0. The van der Waals surface area contributed by atoms with Crippen molar-refractivity contribution in [3.05, 3.63) is 0 Å². The van der Waals surface area contributed by atoms with E-state index in [2.05, 4.69) is 16.0 Å². The van der Waals surface area contributed by atoms with E-state index in [0.29, 0.717) is 25.8 Å². The van der Waals surface area contributed by atoms with Gasteiger partial charge in [0.25, 0.3) is 0 Å². The van der Waals surface area contributed by atoms with Gasteiger partial charge in [-0.15, -0.1) is 0 Å². The van der Waals surface area contributed by atoms with Crippen LogP contribution in [-0.2, 0) is 19.2 Å². The summed E-state index contributed by atoms with van der Waals surface area (Å²) in [4.78, 5) is 47.7. The molecule has 0 bridgehead atoms. The zero-order valence-electron chi connectivity index (χ0n) is 17.2. The molecule has 0 saturated carbocycles. The highest BCUT2D eigenvalue weighted by atomic mass is 16.4. The monoisotopic (exact) mass is 401 g/mol. The molecule has 0 aromatic rings. The maximum absolute atomic E-state index is 12.6. The van der Waals surface area contributed by atoms with Crippen LogP contribution in [0.1, 0.15) is 53.4 Å². The minimum absolute atomic E-state index is 0.112. The van der Waals surface area contributed by atoms with Gasteiger partial charge in [0.05, 0.1) is 6.04 Å². The Labute approximate surface area is 166 Å². The average molecular weight is 402 g/mol. The number of carboxylic acids is 1. The third kappa shape index (κ3) is 10.2. The fraction of sp³-hybridized carbons (Fsp3) is 0.778. The number of rotatable bonds is 13. The smallest absolute Gasteiger partial charge is 0.325 e. The minimum Gasteiger partial charge on any atom is -0.480 e. The van der Waals surface area contributed by atoms with Gasteiger partial charge in [-0.1, -0.05) is 20.3 Å². The Morgan fingerprint density at radius 2 is 1.43 bits per heavy atom. The first-order valence-corrected chi connectivity index (χ1v) is 9.59. The van der Waals surface area contributed by atoms with Crippen molar-refractivity contribution < 1.29 is 24.3 Å².